The van der Waals surface area contributed by atoms with Gasteiger partial charge in [-0.1, -0.05) is 20.3 Å². The summed E-state index contributed by atoms with van der Waals surface area (Å²) in [5, 5.41) is 11.9. The van der Waals surface area contributed by atoms with E-state index >= 15 is 0 Å². The fourth-order valence-electron chi connectivity index (χ4n) is 2.38. The van der Waals surface area contributed by atoms with E-state index < -0.39 is 12.0 Å². The summed E-state index contributed by atoms with van der Waals surface area (Å²) in [7, 11) is 0. The Kier molecular flexibility index (Phi) is 11.2. The molecule has 2 N–H and O–H groups in total. The molecule has 7 heteroatoms. The normalized spacial score (nSPS) is 18.8. The number of carboxylic acids is 1. The van der Waals surface area contributed by atoms with Crippen molar-refractivity contribution in [3.8, 4) is 0 Å². The first-order valence-electron chi connectivity index (χ1n) is 7.82. The number of hydrogen-bond acceptors (Lipinski definition) is 4. The van der Waals surface area contributed by atoms with Crippen molar-refractivity contribution in [3.05, 3.63) is 0 Å². The molecule has 0 spiro atoms. The summed E-state index contributed by atoms with van der Waals surface area (Å²) in [6.45, 7) is 6.80. The van der Waals surface area contributed by atoms with Crippen molar-refractivity contribution in [2.24, 2.45) is 5.92 Å². The summed E-state index contributed by atoms with van der Waals surface area (Å²) in [4.78, 5) is 24.7. The second kappa shape index (κ2) is 11.7. The van der Waals surface area contributed by atoms with Gasteiger partial charge in [0.1, 0.15) is 6.04 Å². The van der Waals surface area contributed by atoms with Gasteiger partial charge in [-0.25, -0.2) is 0 Å². The molecule has 0 aliphatic carbocycles. The van der Waals surface area contributed by atoms with Crippen LogP contribution < -0.4 is 5.32 Å². The molecule has 1 rings (SSSR count). The summed E-state index contributed by atoms with van der Waals surface area (Å²) in [5.41, 5.74) is 0. The predicted octanol–water partition coefficient (Wildman–Crippen LogP) is 1.53. The minimum atomic E-state index is -0.834. The SMILES string of the molecule is CC(C)CCOCCNC(=O)CN1CCCCC1C(=O)O.Cl. The van der Waals surface area contributed by atoms with E-state index in [4.69, 9.17) is 9.84 Å². The van der Waals surface area contributed by atoms with Crippen molar-refractivity contribution < 1.29 is 19.4 Å². The van der Waals surface area contributed by atoms with E-state index in [-0.39, 0.29) is 24.9 Å². The molecule has 0 radical (unpaired) electrons. The number of ether oxygens (including phenoxy) is 1. The summed E-state index contributed by atoms with van der Waals surface area (Å²) in [5.74, 6) is -0.346. The molecule has 0 saturated carbocycles. The number of nitrogens with one attached hydrogen (secondary N) is 1. The quantitative estimate of drug-likeness (QED) is 0.624. The molecule has 6 nitrogen and oxygen atoms in total. The first-order valence-corrected chi connectivity index (χ1v) is 7.82. The molecule has 1 atom stereocenters. The Morgan fingerprint density at radius 1 is 1.32 bits per heavy atom. The number of rotatable bonds is 9. The third-order valence-corrected chi connectivity index (χ3v) is 3.65. The first kappa shape index (κ1) is 21.1. The molecule has 0 aromatic carbocycles. The van der Waals surface area contributed by atoms with Crippen molar-refractivity contribution in [2.75, 3.05) is 32.8 Å². The summed E-state index contributed by atoms with van der Waals surface area (Å²) in [6, 6.07) is -0.521. The lowest BCUT2D eigenvalue weighted by Gasteiger charge is -2.32. The van der Waals surface area contributed by atoms with E-state index in [1.807, 2.05) is 0 Å². The van der Waals surface area contributed by atoms with Gasteiger partial charge in [0.15, 0.2) is 0 Å². The van der Waals surface area contributed by atoms with Crippen LogP contribution in [0.4, 0.5) is 0 Å². The van der Waals surface area contributed by atoms with Gasteiger partial charge in [0, 0.05) is 13.2 Å². The van der Waals surface area contributed by atoms with Gasteiger partial charge in [0.25, 0.3) is 0 Å². The van der Waals surface area contributed by atoms with E-state index in [0.717, 1.165) is 19.3 Å². The molecule has 1 aliphatic rings. The van der Waals surface area contributed by atoms with Crippen molar-refractivity contribution in [1.29, 1.82) is 0 Å². The van der Waals surface area contributed by atoms with Crippen LogP contribution in [0.1, 0.15) is 39.5 Å². The minimum Gasteiger partial charge on any atom is -0.480 e. The van der Waals surface area contributed by atoms with Crippen molar-refractivity contribution in [3.63, 3.8) is 0 Å². The Hall–Kier alpha value is -0.850. The Labute approximate surface area is 139 Å². The monoisotopic (exact) mass is 336 g/mol. The molecule has 0 aromatic heterocycles. The number of halogens is 1. The number of carboxylic acid groups (broad SMARTS) is 1. The Morgan fingerprint density at radius 2 is 2.05 bits per heavy atom. The van der Waals surface area contributed by atoms with Gasteiger partial charge in [0.05, 0.1) is 13.2 Å². The maximum absolute atomic E-state index is 11.8. The van der Waals surface area contributed by atoms with Crippen LogP contribution in [0.3, 0.4) is 0 Å². The van der Waals surface area contributed by atoms with Crippen LogP contribution in [0.25, 0.3) is 0 Å². The standard InChI is InChI=1S/C15H28N2O4.ClH/c1-12(2)6-9-21-10-7-16-14(18)11-17-8-4-3-5-13(17)15(19)20;/h12-13H,3-11H2,1-2H3,(H,16,18)(H,19,20);1H. The smallest absolute Gasteiger partial charge is 0.320 e. The van der Waals surface area contributed by atoms with Gasteiger partial charge >= 0.3 is 5.97 Å². The summed E-state index contributed by atoms with van der Waals surface area (Å²) < 4.78 is 5.42. The molecule has 1 fully saturated rings. The lowest BCUT2D eigenvalue weighted by Crippen LogP contribution is -2.49. The zero-order chi connectivity index (χ0) is 15.7. The van der Waals surface area contributed by atoms with E-state index in [2.05, 4.69) is 19.2 Å². The third-order valence-electron chi connectivity index (χ3n) is 3.65. The molecule has 0 bridgehead atoms. The average molecular weight is 337 g/mol. The number of carbonyl (C=O) groups excluding carboxylic acids is 1. The number of likely N-dealkylation sites (tertiary alicyclic amines) is 1. The highest BCUT2D eigenvalue weighted by Crippen LogP contribution is 2.16. The molecule has 1 saturated heterocycles. The fourth-order valence-corrected chi connectivity index (χ4v) is 2.38. The van der Waals surface area contributed by atoms with Crippen molar-refractivity contribution >= 4 is 24.3 Å². The fraction of sp³-hybridized carbons (Fsp3) is 0.867. The predicted molar refractivity (Wildman–Crippen MR) is 87.4 cm³/mol. The zero-order valence-corrected chi connectivity index (χ0v) is 14.4. The highest BCUT2D eigenvalue weighted by molar-refractivity contribution is 5.85. The first-order chi connectivity index (χ1) is 10.0. The maximum atomic E-state index is 11.8. The summed E-state index contributed by atoms with van der Waals surface area (Å²) in [6.07, 6.45) is 3.51. The van der Waals surface area contributed by atoms with E-state index in [1.54, 1.807) is 4.90 Å². The maximum Gasteiger partial charge on any atom is 0.320 e. The topological polar surface area (TPSA) is 78.9 Å². The lowest BCUT2D eigenvalue weighted by molar-refractivity contribution is -0.145. The van der Waals surface area contributed by atoms with E-state index in [1.165, 1.54) is 0 Å². The second-order valence-corrected chi connectivity index (χ2v) is 5.97. The highest BCUT2D eigenvalue weighted by atomic mass is 35.5. The van der Waals surface area contributed by atoms with Gasteiger partial charge in [-0.3, -0.25) is 14.5 Å². The number of hydrogen-bond donors (Lipinski definition) is 2. The van der Waals surface area contributed by atoms with Crippen LogP contribution >= 0.6 is 12.4 Å². The Morgan fingerprint density at radius 3 is 2.68 bits per heavy atom. The van der Waals surface area contributed by atoms with Crippen LogP contribution in [0.2, 0.25) is 0 Å². The number of nitrogens with zero attached hydrogens (tertiary/aromatic N) is 1. The van der Waals surface area contributed by atoms with Gasteiger partial charge in [-0.2, -0.15) is 0 Å². The molecule has 22 heavy (non-hydrogen) atoms. The number of aliphatic carboxylic acids is 1. The van der Waals surface area contributed by atoms with Gasteiger partial charge in [-0.15, -0.1) is 12.4 Å². The average Bonchev–Trinajstić information content (AvgIpc) is 2.42. The molecular formula is C15H29ClN2O4. The van der Waals surface area contributed by atoms with Crippen molar-refractivity contribution in [2.45, 2.75) is 45.6 Å². The van der Waals surface area contributed by atoms with Crippen molar-refractivity contribution in [1.82, 2.24) is 10.2 Å². The van der Waals surface area contributed by atoms with Crippen LogP contribution in [0.5, 0.6) is 0 Å². The van der Waals surface area contributed by atoms with Gasteiger partial charge in [0.2, 0.25) is 5.91 Å². The van der Waals surface area contributed by atoms with Gasteiger partial charge < -0.3 is 15.2 Å². The molecule has 1 aliphatic heterocycles. The highest BCUT2D eigenvalue weighted by Gasteiger charge is 2.29. The molecule has 1 heterocycles. The second-order valence-electron chi connectivity index (χ2n) is 5.97. The minimum absolute atomic E-state index is 0. The molecule has 130 valence electrons. The van der Waals surface area contributed by atoms with Crippen LogP contribution in [0.15, 0.2) is 0 Å². The molecule has 0 aromatic rings. The molecule has 1 unspecified atom stereocenters. The van der Waals surface area contributed by atoms with Crippen LogP contribution in [-0.2, 0) is 14.3 Å². The lowest BCUT2D eigenvalue weighted by atomic mass is 10.0. The zero-order valence-electron chi connectivity index (χ0n) is 13.5. The largest absolute Gasteiger partial charge is 0.480 e. The van der Waals surface area contributed by atoms with E-state index in [0.29, 0.717) is 38.6 Å². The van der Waals surface area contributed by atoms with Crippen LogP contribution in [0, 0.1) is 5.92 Å². The van der Waals surface area contributed by atoms with Crippen LogP contribution in [-0.4, -0.2) is 60.8 Å². The molecular weight excluding hydrogens is 308 g/mol. The number of carbonyl (C=O) groups is 2. The number of piperidine rings is 1. The van der Waals surface area contributed by atoms with Gasteiger partial charge in [-0.05, 0) is 31.7 Å². The molecule has 1 amide bonds. The third kappa shape index (κ3) is 8.56. The summed E-state index contributed by atoms with van der Waals surface area (Å²) >= 11 is 0. The van der Waals surface area contributed by atoms with E-state index in [9.17, 15) is 9.59 Å². The number of amides is 1. The Balaban J connectivity index is 0.00000441. The Bertz CT molecular complexity index is 340.